The Labute approximate surface area is 286 Å². The van der Waals surface area contributed by atoms with Crippen LogP contribution in [0.1, 0.15) is 66.2 Å². The molecule has 3 heterocycles. The summed E-state index contributed by atoms with van der Waals surface area (Å²) < 4.78 is 41.8. The fraction of sp³-hybridized carbons (Fsp3) is 0.432. The molecule has 49 heavy (non-hydrogen) atoms. The van der Waals surface area contributed by atoms with Crippen molar-refractivity contribution in [1.29, 1.82) is 0 Å². The van der Waals surface area contributed by atoms with E-state index in [0.29, 0.717) is 43.0 Å². The number of H-pyrrole nitrogens is 1. The van der Waals surface area contributed by atoms with Gasteiger partial charge in [0.05, 0.1) is 18.2 Å². The number of carbonyl (C=O) groups is 2. The molecule has 2 aliphatic heterocycles. The van der Waals surface area contributed by atoms with E-state index < -0.39 is 42.1 Å². The quantitative estimate of drug-likeness (QED) is 0.116. The zero-order valence-corrected chi connectivity index (χ0v) is 28.5. The Balaban J connectivity index is 1.44. The molecule has 3 aromatic rings. The number of esters is 2. The minimum atomic E-state index is -0.925. The van der Waals surface area contributed by atoms with Crippen molar-refractivity contribution in [3.63, 3.8) is 0 Å². The Bertz CT molecular complexity index is 1590. The summed E-state index contributed by atoms with van der Waals surface area (Å²) in [7, 11) is 1.50. The van der Waals surface area contributed by atoms with Gasteiger partial charge in [-0.25, -0.2) is 14.6 Å². The van der Waals surface area contributed by atoms with Gasteiger partial charge in [0.1, 0.15) is 47.8 Å². The molecular weight excluding hydrogens is 630 g/mol. The molecule has 5 rings (SSSR count). The van der Waals surface area contributed by atoms with Crippen LogP contribution < -0.4 is 14.8 Å². The van der Waals surface area contributed by atoms with E-state index in [1.54, 1.807) is 54.9 Å². The van der Waals surface area contributed by atoms with Gasteiger partial charge in [0, 0.05) is 38.0 Å². The third-order valence-corrected chi connectivity index (χ3v) is 8.14. The number of ether oxygens (including phenoxy) is 7. The van der Waals surface area contributed by atoms with Gasteiger partial charge in [0.15, 0.2) is 12.6 Å². The van der Waals surface area contributed by atoms with Crippen LogP contribution in [0.3, 0.4) is 0 Å². The van der Waals surface area contributed by atoms with Gasteiger partial charge in [-0.1, -0.05) is 43.4 Å². The predicted molar refractivity (Wildman–Crippen MR) is 181 cm³/mol. The largest absolute Gasteiger partial charge is 0.492 e. The van der Waals surface area contributed by atoms with Crippen molar-refractivity contribution in [1.82, 2.24) is 15.3 Å². The van der Waals surface area contributed by atoms with Crippen LogP contribution in [0.5, 0.6) is 11.5 Å². The second kappa shape index (κ2) is 16.8. The fourth-order valence-corrected chi connectivity index (χ4v) is 5.53. The molecule has 0 aliphatic carbocycles. The molecule has 12 nitrogen and oxygen atoms in total. The maximum absolute atomic E-state index is 13.8. The molecule has 0 spiro atoms. The van der Waals surface area contributed by atoms with Crippen molar-refractivity contribution in [3.8, 4) is 11.5 Å². The lowest BCUT2D eigenvalue weighted by Crippen LogP contribution is -2.37. The Hall–Kier alpha value is -4.49. The number of nitrogens with one attached hydrogen (secondary N) is 2. The van der Waals surface area contributed by atoms with Gasteiger partial charge >= 0.3 is 11.9 Å². The van der Waals surface area contributed by atoms with Crippen LogP contribution in [0.25, 0.3) is 6.08 Å². The van der Waals surface area contributed by atoms with Gasteiger partial charge in [-0.3, -0.25) is 0 Å². The first kappa shape index (κ1) is 35.8. The number of benzene rings is 2. The van der Waals surface area contributed by atoms with Gasteiger partial charge in [-0.05, 0) is 57.0 Å². The van der Waals surface area contributed by atoms with E-state index in [9.17, 15) is 9.59 Å². The Morgan fingerprint density at radius 1 is 1.10 bits per heavy atom. The Kier molecular flexibility index (Phi) is 12.2. The molecule has 0 radical (unpaired) electrons. The molecule has 1 saturated heterocycles. The number of cyclic esters (lactones) is 1. The van der Waals surface area contributed by atoms with E-state index in [0.717, 1.165) is 5.82 Å². The average Bonchev–Trinajstić information content (AvgIpc) is 3.71. The number of imidazole rings is 1. The van der Waals surface area contributed by atoms with Crippen LogP contribution >= 0.6 is 0 Å². The number of aromatic nitrogens is 2. The molecule has 12 heteroatoms. The van der Waals surface area contributed by atoms with Gasteiger partial charge in [-0.15, -0.1) is 0 Å². The lowest BCUT2D eigenvalue weighted by atomic mass is 9.98. The standard InChI is InChI=1S/C37H45N3O9/c1-24-14-15-29(47-35(41)26-10-7-6-8-11-26)34-30(48-37(3,4)49-34)13-9-12-27-20-28(44-19-18-38-22-32-39-16-17-40-32)21-31(45-23-43-5)33(27)36(42)46-25(24)2/h6-12,14-17,20-21,24-25,29-30,34,38H,13,18-19,22-23H2,1-5H3,(H,39,40)/b12-9+,15-14-/t24-,25+,29?,30?,34?/m1/s1. The molecule has 0 amide bonds. The average molecular weight is 676 g/mol. The number of nitrogens with zero attached hydrogens (tertiary/aromatic N) is 1. The molecule has 2 N–H and O–H groups in total. The van der Waals surface area contributed by atoms with Crippen molar-refractivity contribution in [2.45, 2.75) is 70.9 Å². The minimum Gasteiger partial charge on any atom is -0.492 e. The predicted octanol–water partition coefficient (Wildman–Crippen LogP) is 5.46. The van der Waals surface area contributed by atoms with Crippen molar-refractivity contribution < 1.29 is 42.7 Å². The van der Waals surface area contributed by atoms with Gasteiger partial charge in [0.2, 0.25) is 0 Å². The zero-order chi connectivity index (χ0) is 34.8. The summed E-state index contributed by atoms with van der Waals surface area (Å²) in [6.45, 7) is 8.78. The van der Waals surface area contributed by atoms with E-state index in [2.05, 4.69) is 15.3 Å². The smallest absolute Gasteiger partial charge is 0.342 e. The summed E-state index contributed by atoms with van der Waals surface area (Å²) in [5.74, 6) is -0.626. The monoisotopic (exact) mass is 675 g/mol. The van der Waals surface area contributed by atoms with Crippen LogP contribution in [-0.2, 0) is 30.2 Å². The molecule has 262 valence electrons. The normalized spacial score (nSPS) is 24.8. The Morgan fingerprint density at radius 3 is 2.67 bits per heavy atom. The van der Waals surface area contributed by atoms with E-state index in [4.69, 9.17) is 33.2 Å². The summed E-state index contributed by atoms with van der Waals surface area (Å²) in [6.07, 6.45) is 8.82. The zero-order valence-electron chi connectivity index (χ0n) is 28.5. The van der Waals surface area contributed by atoms with Crippen LogP contribution in [-0.4, -0.2) is 79.2 Å². The van der Waals surface area contributed by atoms with E-state index in [1.807, 2.05) is 52.0 Å². The highest BCUT2D eigenvalue weighted by Crippen LogP contribution is 2.36. The highest BCUT2D eigenvalue weighted by atomic mass is 16.8. The van der Waals surface area contributed by atoms with E-state index in [-0.39, 0.29) is 24.0 Å². The summed E-state index contributed by atoms with van der Waals surface area (Å²) in [5.41, 5.74) is 1.20. The first-order valence-electron chi connectivity index (χ1n) is 16.4. The summed E-state index contributed by atoms with van der Waals surface area (Å²) >= 11 is 0. The lowest BCUT2D eigenvalue weighted by molar-refractivity contribution is -0.152. The lowest BCUT2D eigenvalue weighted by Gasteiger charge is -2.25. The second-order valence-electron chi connectivity index (χ2n) is 12.4. The molecule has 2 aromatic carbocycles. The molecule has 0 saturated carbocycles. The summed E-state index contributed by atoms with van der Waals surface area (Å²) in [5, 5.41) is 3.27. The molecular formula is C37H45N3O9. The van der Waals surface area contributed by atoms with Crippen LogP contribution in [0.15, 0.2) is 73.1 Å². The third-order valence-electron chi connectivity index (χ3n) is 8.14. The highest BCUT2D eigenvalue weighted by molar-refractivity contribution is 5.97. The van der Waals surface area contributed by atoms with Crippen molar-refractivity contribution in [3.05, 3.63) is 95.6 Å². The highest BCUT2D eigenvalue weighted by Gasteiger charge is 2.45. The van der Waals surface area contributed by atoms with Crippen molar-refractivity contribution in [2.75, 3.05) is 27.1 Å². The SMILES string of the molecule is COCOc1cc(OCCNCc2ncc[nH]2)cc2c1C(=O)O[C@@H](C)[C@H](C)/C=C\C(OC(=O)c1ccccc1)C1OC(C)(C)OC1C/C=C/2. The van der Waals surface area contributed by atoms with Gasteiger partial charge < -0.3 is 43.5 Å². The van der Waals surface area contributed by atoms with Crippen LogP contribution in [0, 0.1) is 5.92 Å². The van der Waals surface area contributed by atoms with Crippen LogP contribution in [0.4, 0.5) is 0 Å². The number of hydrogen-bond donors (Lipinski definition) is 2. The minimum absolute atomic E-state index is 0.0839. The molecule has 2 aliphatic rings. The molecule has 3 unspecified atom stereocenters. The number of fused-ring (bicyclic) bond motifs is 2. The van der Waals surface area contributed by atoms with E-state index >= 15 is 0 Å². The first-order valence-corrected chi connectivity index (χ1v) is 16.4. The van der Waals surface area contributed by atoms with Gasteiger partial charge in [0.25, 0.3) is 0 Å². The number of carbonyl (C=O) groups excluding carboxylic acids is 2. The number of aromatic amines is 1. The number of methoxy groups -OCH3 is 1. The topological polar surface area (TPSA) is 139 Å². The maximum atomic E-state index is 13.8. The van der Waals surface area contributed by atoms with Crippen molar-refractivity contribution >= 4 is 18.0 Å². The summed E-state index contributed by atoms with van der Waals surface area (Å²) in [4.78, 5) is 34.3. The Morgan fingerprint density at radius 2 is 1.92 bits per heavy atom. The number of hydrogen-bond acceptors (Lipinski definition) is 11. The number of rotatable bonds is 11. The molecule has 5 atom stereocenters. The first-order chi connectivity index (χ1) is 23.6. The summed E-state index contributed by atoms with van der Waals surface area (Å²) in [6, 6.07) is 12.2. The van der Waals surface area contributed by atoms with E-state index in [1.165, 1.54) is 7.11 Å². The van der Waals surface area contributed by atoms with Gasteiger partial charge in [-0.2, -0.15) is 0 Å². The van der Waals surface area contributed by atoms with Crippen molar-refractivity contribution in [2.24, 2.45) is 5.92 Å². The maximum Gasteiger partial charge on any atom is 0.342 e. The third kappa shape index (κ3) is 9.79. The fourth-order valence-electron chi connectivity index (χ4n) is 5.53. The second-order valence-corrected chi connectivity index (χ2v) is 12.4. The molecule has 0 bridgehead atoms. The van der Waals surface area contributed by atoms with Crippen LogP contribution in [0.2, 0.25) is 0 Å². The molecule has 1 aromatic heterocycles. The molecule has 1 fully saturated rings.